The summed E-state index contributed by atoms with van der Waals surface area (Å²) < 4.78 is 0. The van der Waals surface area contributed by atoms with Gasteiger partial charge in [-0.05, 0) is 24.5 Å². The van der Waals surface area contributed by atoms with Crippen molar-refractivity contribution in [2.24, 2.45) is 17.8 Å². The van der Waals surface area contributed by atoms with E-state index >= 15 is 0 Å². The molecule has 0 aliphatic heterocycles. The van der Waals surface area contributed by atoms with Crippen LogP contribution >= 0.6 is 11.6 Å². The van der Waals surface area contributed by atoms with Crippen molar-refractivity contribution in [3.05, 3.63) is 38.9 Å². The molecule has 0 saturated heterocycles. The van der Waals surface area contributed by atoms with E-state index < -0.39 is 33.9 Å². The number of carbonyl (C=O) groups is 3. The third-order valence-electron chi connectivity index (χ3n) is 4.04. The number of benzene rings is 1. The van der Waals surface area contributed by atoms with Crippen molar-refractivity contribution in [2.45, 2.75) is 12.8 Å². The van der Waals surface area contributed by atoms with Gasteiger partial charge < -0.3 is 0 Å². The second kappa shape index (κ2) is 4.73. The molecule has 2 aliphatic carbocycles. The van der Waals surface area contributed by atoms with E-state index in [-0.39, 0.29) is 28.8 Å². The van der Waals surface area contributed by atoms with Gasteiger partial charge in [0.25, 0.3) is 5.69 Å². The van der Waals surface area contributed by atoms with Gasteiger partial charge >= 0.3 is 0 Å². The lowest BCUT2D eigenvalue weighted by Crippen LogP contribution is -2.37. The fourth-order valence-electron chi connectivity index (χ4n) is 2.87. The highest BCUT2D eigenvalue weighted by Crippen LogP contribution is 2.48. The summed E-state index contributed by atoms with van der Waals surface area (Å²) in [5.41, 5.74) is -0.721. The molecule has 3 unspecified atom stereocenters. The number of hydrogen-bond acceptors (Lipinski definition) is 5. The lowest BCUT2D eigenvalue weighted by molar-refractivity contribution is -0.385. The standard InChI is InChI=1S/C14H10ClNO5/c15-7-1-2-8(10(5-7)16(20)21)13(18)12-11(17)4-6-3-9(6)14(12)19/h1-2,5-6,9,12H,3-4H2. The second-order valence-electron chi connectivity index (χ2n) is 5.39. The van der Waals surface area contributed by atoms with Gasteiger partial charge in [0, 0.05) is 23.4 Å². The lowest BCUT2D eigenvalue weighted by atomic mass is 9.81. The van der Waals surface area contributed by atoms with Gasteiger partial charge in [-0.2, -0.15) is 0 Å². The van der Waals surface area contributed by atoms with Crippen LogP contribution in [0.3, 0.4) is 0 Å². The summed E-state index contributed by atoms with van der Waals surface area (Å²) in [6.07, 6.45) is 0.839. The molecule has 2 aliphatic rings. The molecule has 0 heterocycles. The highest BCUT2D eigenvalue weighted by molar-refractivity contribution is 6.31. The molecular weight excluding hydrogens is 298 g/mol. The average Bonchev–Trinajstić information content (AvgIpc) is 3.17. The van der Waals surface area contributed by atoms with Crippen LogP contribution < -0.4 is 0 Å². The minimum atomic E-state index is -1.39. The maximum absolute atomic E-state index is 12.4. The van der Waals surface area contributed by atoms with Crippen LogP contribution in [0.4, 0.5) is 5.69 Å². The maximum atomic E-state index is 12.4. The Morgan fingerprint density at radius 2 is 2.05 bits per heavy atom. The Morgan fingerprint density at radius 3 is 2.71 bits per heavy atom. The van der Waals surface area contributed by atoms with Crippen LogP contribution in [0.5, 0.6) is 0 Å². The fourth-order valence-corrected chi connectivity index (χ4v) is 3.03. The first-order valence-corrected chi connectivity index (χ1v) is 6.82. The Labute approximate surface area is 124 Å². The average molecular weight is 308 g/mol. The van der Waals surface area contributed by atoms with Crippen molar-refractivity contribution >= 4 is 34.6 Å². The molecule has 0 radical (unpaired) electrons. The van der Waals surface area contributed by atoms with Gasteiger partial charge in [0.2, 0.25) is 0 Å². The van der Waals surface area contributed by atoms with Crippen molar-refractivity contribution in [1.82, 2.24) is 0 Å². The molecule has 2 fully saturated rings. The number of ketones is 3. The number of nitro groups is 1. The first-order chi connectivity index (χ1) is 9.90. The number of hydrogen-bond donors (Lipinski definition) is 0. The minimum absolute atomic E-state index is 0.0641. The minimum Gasteiger partial charge on any atom is -0.298 e. The lowest BCUT2D eigenvalue weighted by Gasteiger charge is -2.17. The van der Waals surface area contributed by atoms with E-state index in [1.165, 1.54) is 12.1 Å². The molecule has 0 bridgehead atoms. The zero-order chi connectivity index (χ0) is 15.3. The van der Waals surface area contributed by atoms with E-state index in [0.29, 0.717) is 6.42 Å². The summed E-state index contributed by atoms with van der Waals surface area (Å²) in [6.45, 7) is 0. The number of nitro benzene ring substituents is 1. The Bertz CT molecular complexity index is 699. The van der Waals surface area contributed by atoms with Gasteiger partial charge in [-0.25, -0.2) is 0 Å². The van der Waals surface area contributed by atoms with Gasteiger partial charge in [-0.15, -0.1) is 0 Å². The predicted octanol–water partition coefficient (Wildman–Crippen LogP) is 2.23. The number of nitrogens with zero attached hydrogens (tertiary/aromatic N) is 1. The van der Waals surface area contributed by atoms with Crippen molar-refractivity contribution in [2.75, 3.05) is 0 Å². The van der Waals surface area contributed by atoms with E-state index in [0.717, 1.165) is 6.07 Å². The monoisotopic (exact) mass is 307 g/mol. The molecular formula is C14H10ClNO5. The summed E-state index contributed by atoms with van der Waals surface area (Å²) >= 11 is 5.69. The van der Waals surface area contributed by atoms with Crippen molar-refractivity contribution in [1.29, 1.82) is 0 Å². The highest BCUT2D eigenvalue weighted by atomic mass is 35.5. The number of fused-ring (bicyclic) bond motifs is 1. The number of carbonyl (C=O) groups excluding carboxylic acids is 3. The van der Waals surface area contributed by atoms with Crippen molar-refractivity contribution in [3.8, 4) is 0 Å². The molecule has 0 spiro atoms. The zero-order valence-corrected chi connectivity index (χ0v) is 11.5. The summed E-state index contributed by atoms with van der Waals surface area (Å²) in [7, 11) is 0. The SMILES string of the molecule is O=C1CC2CC2C(=O)C1C(=O)c1ccc(Cl)cc1[N+](=O)[O-]. The molecule has 0 aromatic heterocycles. The van der Waals surface area contributed by atoms with Crippen LogP contribution in [0.15, 0.2) is 18.2 Å². The number of Topliss-reactive ketones (excluding diaryl/α,β-unsaturated/α-hetero) is 3. The van der Waals surface area contributed by atoms with E-state index in [9.17, 15) is 24.5 Å². The molecule has 21 heavy (non-hydrogen) atoms. The van der Waals surface area contributed by atoms with E-state index in [2.05, 4.69) is 0 Å². The third-order valence-corrected chi connectivity index (χ3v) is 4.28. The molecule has 108 valence electrons. The summed E-state index contributed by atoms with van der Waals surface area (Å²) in [5, 5.41) is 11.1. The van der Waals surface area contributed by atoms with Crippen LogP contribution in [0.1, 0.15) is 23.2 Å². The third kappa shape index (κ3) is 2.25. The Hall–Kier alpha value is -2.08. The van der Waals surface area contributed by atoms with Crippen LogP contribution in [-0.4, -0.2) is 22.3 Å². The van der Waals surface area contributed by atoms with Crippen LogP contribution in [0, 0.1) is 27.9 Å². The molecule has 1 aromatic carbocycles. The quantitative estimate of drug-likeness (QED) is 0.369. The van der Waals surface area contributed by atoms with Crippen molar-refractivity contribution in [3.63, 3.8) is 0 Å². The molecule has 3 atom stereocenters. The van der Waals surface area contributed by atoms with Crippen LogP contribution in [0.25, 0.3) is 0 Å². The largest absolute Gasteiger partial charge is 0.298 e. The normalized spacial score (nSPS) is 27.2. The smallest absolute Gasteiger partial charge is 0.281 e. The van der Waals surface area contributed by atoms with E-state index in [1.54, 1.807) is 0 Å². The van der Waals surface area contributed by atoms with Gasteiger partial charge in [0.15, 0.2) is 17.3 Å². The molecule has 2 saturated carbocycles. The topological polar surface area (TPSA) is 94.3 Å². The Kier molecular flexibility index (Phi) is 3.13. The molecule has 1 aromatic rings. The first kappa shape index (κ1) is 13.9. The predicted molar refractivity (Wildman–Crippen MR) is 72.2 cm³/mol. The van der Waals surface area contributed by atoms with Gasteiger partial charge in [0.1, 0.15) is 5.92 Å². The molecule has 0 N–H and O–H groups in total. The second-order valence-corrected chi connectivity index (χ2v) is 5.83. The molecule has 6 nitrogen and oxygen atoms in total. The summed E-state index contributed by atoms with van der Waals surface area (Å²) in [6, 6.07) is 3.58. The van der Waals surface area contributed by atoms with Gasteiger partial charge in [-0.1, -0.05) is 11.6 Å². The summed E-state index contributed by atoms with van der Waals surface area (Å²) in [5.74, 6) is -3.19. The Morgan fingerprint density at radius 1 is 1.33 bits per heavy atom. The number of rotatable bonds is 3. The van der Waals surface area contributed by atoms with Gasteiger partial charge in [0.05, 0.1) is 10.5 Å². The molecule has 7 heteroatoms. The maximum Gasteiger partial charge on any atom is 0.281 e. The van der Waals surface area contributed by atoms with E-state index in [4.69, 9.17) is 11.6 Å². The van der Waals surface area contributed by atoms with Crippen LogP contribution in [0.2, 0.25) is 5.02 Å². The fraction of sp³-hybridized carbons (Fsp3) is 0.357. The molecule has 0 amide bonds. The zero-order valence-electron chi connectivity index (χ0n) is 10.7. The van der Waals surface area contributed by atoms with Crippen molar-refractivity contribution < 1.29 is 19.3 Å². The first-order valence-electron chi connectivity index (χ1n) is 6.44. The number of halogens is 1. The highest BCUT2D eigenvalue weighted by Gasteiger charge is 2.55. The molecule has 3 rings (SSSR count). The van der Waals surface area contributed by atoms with E-state index in [1.807, 2.05) is 0 Å². The van der Waals surface area contributed by atoms with Crippen LogP contribution in [-0.2, 0) is 9.59 Å². The summed E-state index contributed by atoms with van der Waals surface area (Å²) in [4.78, 5) is 46.8. The Balaban J connectivity index is 2.00. The van der Waals surface area contributed by atoms with Gasteiger partial charge in [-0.3, -0.25) is 24.5 Å².